The summed E-state index contributed by atoms with van der Waals surface area (Å²) < 4.78 is 5.50. The standard InChI is InChI=1S/C21H31NO3/c1-12(23)25-18-11-17-15-5-4-13-10-14(24)6-8-20(13,2)16(15)7-9-21(17,3)19(18)22/h6,8,13-18,22,24H,4-5,7,9-11H2,1-3H3/t13?,14?,15-,16-,17+,18?,20+,21+/m1/s1. The lowest BCUT2D eigenvalue weighted by Gasteiger charge is -2.58. The fourth-order valence-corrected chi connectivity index (χ4v) is 6.90. The molecule has 4 nitrogen and oxygen atoms in total. The van der Waals surface area contributed by atoms with E-state index in [1.807, 2.05) is 6.08 Å². The van der Waals surface area contributed by atoms with Gasteiger partial charge in [-0.25, -0.2) is 0 Å². The number of rotatable bonds is 1. The molecule has 2 N–H and O–H groups in total. The molecule has 0 amide bonds. The van der Waals surface area contributed by atoms with E-state index in [1.54, 1.807) is 0 Å². The van der Waals surface area contributed by atoms with Crippen molar-refractivity contribution < 1.29 is 14.6 Å². The summed E-state index contributed by atoms with van der Waals surface area (Å²) in [7, 11) is 0. The van der Waals surface area contributed by atoms with Crippen molar-refractivity contribution in [3.05, 3.63) is 12.2 Å². The van der Waals surface area contributed by atoms with Crippen molar-refractivity contribution >= 4 is 11.7 Å². The first-order valence-corrected chi connectivity index (χ1v) is 9.89. The number of hydrogen-bond acceptors (Lipinski definition) is 4. The van der Waals surface area contributed by atoms with Gasteiger partial charge < -0.3 is 15.3 Å². The van der Waals surface area contributed by atoms with E-state index < -0.39 is 0 Å². The summed E-state index contributed by atoms with van der Waals surface area (Å²) in [6, 6.07) is 0. The Bertz CT molecular complexity index is 629. The number of esters is 1. The second-order valence-corrected chi connectivity index (χ2v) is 9.38. The van der Waals surface area contributed by atoms with E-state index in [-0.39, 0.29) is 29.0 Å². The number of aliphatic hydroxyl groups is 1. The molecule has 3 unspecified atom stereocenters. The SMILES string of the molecule is CC(=O)OC1C[C@H]2[C@@H]3CCC4CC(O)C=C[C@]4(C)[C@@H]3CC[C@]2(C)C1=N. The van der Waals surface area contributed by atoms with Crippen molar-refractivity contribution in [2.75, 3.05) is 0 Å². The minimum atomic E-state index is -0.319. The van der Waals surface area contributed by atoms with Crippen LogP contribution in [0.25, 0.3) is 0 Å². The highest BCUT2D eigenvalue weighted by Crippen LogP contribution is 2.64. The van der Waals surface area contributed by atoms with Gasteiger partial charge >= 0.3 is 5.97 Å². The molecule has 0 aromatic rings. The summed E-state index contributed by atoms with van der Waals surface area (Å²) in [5.41, 5.74) is 0.709. The third-order valence-corrected chi connectivity index (χ3v) is 8.27. The van der Waals surface area contributed by atoms with Gasteiger partial charge in [0.05, 0.1) is 11.8 Å². The Hall–Kier alpha value is -1.16. The van der Waals surface area contributed by atoms with Crippen LogP contribution in [-0.2, 0) is 9.53 Å². The largest absolute Gasteiger partial charge is 0.456 e. The Morgan fingerprint density at radius 3 is 2.72 bits per heavy atom. The maximum Gasteiger partial charge on any atom is 0.303 e. The molecule has 0 spiro atoms. The van der Waals surface area contributed by atoms with Crippen LogP contribution < -0.4 is 0 Å². The fourth-order valence-electron chi connectivity index (χ4n) is 6.90. The molecule has 8 atom stereocenters. The molecular formula is C21H31NO3. The zero-order valence-electron chi connectivity index (χ0n) is 15.6. The van der Waals surface area contributed by atoms with E-state index in [2.05, 4.69) is 19.9 Å². The average Bonchev–Trinajstić information content (AvgIpc) is 2.79. The molecular weight excluding hydrogens is 314 g/mol. The van der Waals surface area contributed by atoms with Crippen molar-refractivity contribution in [1.29, 1.82) is 5.41 Å². The first kappa shape index (κ1) is 17.3. The van der Waals surface area contributed by atoms with Crippen LogP contribution in [-0.4, -0.2) is 29.0 Å². The average molecular weight is 345 g/mol. The second-order valence-electron chi connectivity index (χ2n) is 9.38. The normalized spacial score (nSPS) is 51.4. The molecule has 0 aromatic heterocycles. The highest BCUT2D eigenvalue weighted by molar-refractivity contribution is 5.95. The van der Waals surface area contributed by atoms with Crippen LogP contribution in [0.4, 0.5) is 0 Å². The lowest BCUT2D eigenvalue weighted by atomic mass is 9.46. The molecule has 0 heterocycles. The van der Waals surface area contributed by atoms with Crippen LogP contribution >= 0.6 is 0 Å². The molecule has 3 saturated carbocycles. The van der Waals surface area contributed by atoms with E-state index >= 15 is 0 Å². The summed E-state index contributed by atoms with van der Waals surface area (Å²) >= 11 is 0. The summed E-state index contributed by atoms with van der Waals surface area (Å²) in [4.78, 5) is 11.5. The van der Waals surface area contributed by atoms with Crippen LogP contribution in [0.2, 0.25) is 0 Å². The molecule has 0 aliphatic heterocycles. The second kappa shape index (κ2) is 5.67. The maximum absolute atomic E-state index is 11.5. The zero-order valence-corrected chi connectivity index (χ0v) is 15.6. The van der Waals surface area contributed by atoms with Gasteiger partial charge in [-0.1, -0.05) is 26.0 Å². The summed E-state index contributed by atoms with van der Waals surface area (Å²) in [5.74, 6) is 1.97. The molecule has 0 bridgehead atoms. The minimum Gasteiger partial charge on any atom is -0.456 e. The highest BCUT2D eigenvalue weighted by Gasteiger charge is 2.61. The third-order valence-electron chi connectivity index (χ3n) is 8.27. The predicted molar refractivity (Wildman–Crippen MR) is 96.3 cm³/mol. The molecule has 0 radical (unpaired) electrons. The van der Waals surface area contributed by atoms with Gasteiger partial charge in [-0.15, -0.1) is 0 Å². The van der Waals surface area contributed by atoms with Crippen LogP contribution in [0, 0.1) is 39.9 Å². The van der Waals surface area contributed by atoms with Gasteiger partial charge in [0.1, 0.15) is 6.10 Å². The Morgan fingerprint density at radius 1 is 1.24 bits per heavy atom. The van der Waals surface area contributed by atoms with Crippen LogP contribution in [0.15, 0.2) is 12.2 Å². The number of hydrogen-bond donors (Lipinski definition) is 2. The molecule has 25 heavy (non-hydrogen) atoms. The number of fused-ring (bicyclic) bond motifs is 5. The topological polar surface area (TPSA) is 70.4 Å². The first-order valence-electron chi connectivity index (χ1n) is 9.89. The van der Waals surface area contributed by atoms with Gasteiger partial charge in [0.15, 0.2) is 0 Å². The van der Waals surface area contributed by atoms with Crippen LogP contribution in [0.5, 0.6) is 0 Å². The van der Waals surface area contributed by atoms with E-state index in [0.717, 1.165) is 32.1 Å². The molecule has 3 fully saturated rings. The van der Waals surface area contributed by atoms with Gasteiger partial charge in [-0.3, -0.25) is 4.79 Å². The summed E-state index contributed by atoms with van der Waals surface area (Å²) in [5, 5.41) is 18.7. The third kappa shape index (κ3) is 2.43. The van der Waals surface area contributed by atoms with Crippen molar-refractivity contribution in [2.24, 2.45) is 34.5 Å². The molecule has 138 valence electrons. The summed E-state index contributed by atoms with van der Waals surface area (Å²) in [6.07, 6.45) is 9.93. The Balaban J connectivity index is 1.63. The monoisotopic (exact) mass is 345 g/mol. The minimum absolute atomic E-state index is 0.109. The number of allylic oxidation sites excluding steroid dienone is 1. The quantitative estimate of drug-likeness (QED) is 0.562. The van der Waals surface area contributed by atoms with E-state index in [0.29, 0.717) is 29.4 Å². The first-order chi connectivity index (χ1) is 11.8. The Labute approximate surface area is 150 Å². The van der Waals surface area contributed by atoms with Crippen molar-refractivity contribution in [3.8, 4) is 0 Å². The predicted octanol–water partition coefficient (Wildman–Crippen LogP) is 3.73. The number of aliphatic hydroxyl groups excluding tert-OH is 1. The van der Waals surface area contributed by atoms with Crippen molar-refractivity contribution in [1.82, 2.24) is 0 Å². The van der Waals surface area contributed by atoms with E-state index in [1.165, 1.54) is 13.3 Å². The number of ether oxygens (including phenoxy) is 1. The fraction of sp³-hybridized carbons (Fsp3) is 0.810. The lowest BCUT2D eigenvalue weighted by Crippen LogP contribution is -2.52. The van der Waals surface area contributed by atoms with Crippen LogP contribution in [0.1, 0.15) is 59.3 Å². The van der Waals surface area contributed by atoms with Gasteiger partial charge in [-0.05, 0) is 67.6 Å². The smallest absolute Gasteiger partial charge is 0.303 e. The molecule has 4 aliphatic carbocycles. The summed E-state index contributed by atoms with van der Waals surface area (Å²) in [6.45, 7) is 6.07. The molecule has 0 aromatic carbocycles. The highest BCUT2D eigenvalue weighted by atomic mass is 16.5. The Morgan fingerprint density at radius 2 is 2.00 bits per heavy atom. The number of carbonyl (C=O) groups is 1. The number of nitrogens with one attached hydrogen (secondary N) is 1. The molecule has 4 rings (SSSR count). The molecule has 0 saturated heterocycles. The van der Waals surface area contributed by atoms with Gasteiger partial charge in [-0.2, -0.15) is 0 Å². The van der Waals surface area contributed by atoms with Crippen molar-refractivity contribution in [3.63, 3.8) is 0 Å². The van der Waals surface area contributed by atoms with E-state index in [4.69, 9.17) is 10.1 Å². The molecule has 4 aliphatic rings. The van der Waals surface area contributed by atoms with Gasteiger partial charge in [0, 0.05) is 12.3 Å². The lowest BCUT2D eigenvalue weighted by molar-refractivity contribution is -0.143. The number of carbonyl (C=O) groups excluding carboxylic acids is 1. The maximum atomic E-state index is 11.5. The Kier molecular flexibility index (Phi) is 3.91. The van der Waals surface area contributed by atoms with E-state index in [9.17, 15) is 9.90 Å². The van der Waals surface area contributed by atoms with Gasteiger partial charge in [0.2, 0.25) is 0 Å². The van der Waals surface area contributed by atoms with Gasteiger partial charge in [0.25, 0.3) is 0 Å². The van der Waals surface area contributed by atoms with Crippen molar-refractivity contribution in [2.45, 2.75) is 71.5 Å². The molecule has 4 heteroatoms. The zero-order chi connectivity index (χ0) is 18.0. The van der Waals surface area contributed by atoms with Crippen LogP contribution in [0.3, 0.4) is 0 Å².